The third-order valence-corrected chi connectivity index (χ3v) is 10.2. The molecule has 9 atom stereocenters. The number of nitrogens with two attached hydrogens (primary N) is 3. The standard InChI is InChI=1S/C38H66N10O15S/c1-6-19(4)30(48-33(57)21(9-7-8-11-39)42-34(58)23(13-18(2)3)44-31(55)20(40)17-49)37(61)46-25(15-28(51)52)36(60)45-24(14-27(41)50)35(59)43-22(10-12-64-5)32(56)47-26(38(62)63)16-29(53)54/h18-26,30,49H,6-17,39-40H2,1-5H3,(H2,41,50)(H,42,58)(H,43,59)(H,44,55)(H,45,60)(H,46,61)(H,47,56)(H,48,57)(H,51,52)(H,53,54)(H,62,63)/t19-,20-,21-,22-,23-,24-,25-,26-,30-/m0/s1. The van der Waals surface area contributed by atoms with E-state index in [1.807, 2.05) is 5.32 Å². The Morgan fingerprint density at radius 1 is 0.578 bits per heavy atom. The highest BCUT2D eigenvalue weighted by Gasteiger charge is 2.37. The topological polar surface area (TPSA) is 431 Å². The van der Waals surface area contributed by atoms with Crippen molar-refractivity contribution in [2.75, 3.05) is 25.2 Å². The lowest BCUT2D eigenvalue weighted by Gasteiger charge is -2.29. The molecule has 17 N–H and O–H groups in total. The van der Waals surface area contributed by atoms with Gasteiger partial charge >= 0.3 is 17.9 Å². The van der Waals surface area contributed by atoms with Gasteiger partial charge in [-0.1, -0.05) is 34.1 Å². The van der Waals surface area contributed by atoms with Crippen molar-refractivity contribution < 1.29 is 73.2 Å². The second kappa shape index (κ2) is 30.5. The van der Waals surface area contributed by atoms with Crippen LogP contribution in [0.15, 0.2) is 0 Å². The number of carbonyl (C=O) groups is 11. The summed E-state index contributed by atoms with van der Waals surface area (Å²) in [4.78, 5) is 141. The summed E-state index contributed by atoms with van der Waals surface area (Å²) in [5.41, 5.74) is 16.6. The van der Waals surface area contributed by atoms with E-state index < -0.39 is 145 Å². The third-order valence-electron chi connectivity index (χ3n) is 9.53. The number of amides is 8. The molecule has 0 aliphatic heterocycles. The average molecular weight is 935 g/mol. The number of carbonyl (C=O) groups excluding carboxylic acids is 8. The maximum absolute atomic E-state index is 13.9. The van der Waals surface area contributed by atoms with E-state index in [2.05, 4.69) is 31.9 Å². The molecule has 0 fully saturated rings. The molecular weight excluding hydrogens is 869 g/mol. The maximum atomic E-state index is 13.9. The fourth-order valence-corrected chi connectivity index (χ4v) is 6.28. The minimum absolute atomic E-state index is 0.0255. The van der Waals surface area contributed by atoms with Gasteiger partial charge in [-0.2, -0.15) is 11.8 Å². The average Bonchev–Trinajstić information content (AvgIpc) is 3.21. The predicted molar refractivity (Wildman–Crippen MR) is 229 cm³/mol. The van der Waals surface area contributed by atoms with Crippen molar-refractivity contribution in [3.8, 4) is 0 Å². The molecule has 0 aliphatic carbocycles. The number of nitrogens with one attached hydrogen (secondary N) is 7. The lowest BCUT2D eigenvalue weighted by atomic mass is 9.96. The molecule has 64 heavy (non-hydrogen) atoms. The molecule has 0 spiro atoms. The van der Waals surface area contributed by atoms with Gasteiger partial charge < -0.3 is 74.8 Å². The van der Waals surface area contributed by atoms with Crippen molar-refractivity contribution in [1.82, 2.24) is 37.2 Å². The molecule has 0 aliphatic rings. The van der Waals surface area contributed by atoms with Crippen molar-refractivity contribution in [3.05, 3.63) is 0 Å². The smallest absolute Gasteiger partial charge is 0.326 e. The number of hydrogen-bond acceptors (Lipinski definition) is 15. The Labute approximate surface area is 374 Å². The minimum Gasteiger partial charge on any atom is -0.481 e. The monoisotopic (exact) mass is 934 g/mol. The molecule has 0 aromatic rings. The van der Waals surface area contributed by atoms with E-state index in [4.69, 9.17) is 22.3 Å². The minimum atomic E-state index is -1.95. The van der Waals surface area contributed by atoms with Gasteiger partial charge in [0.15, 0.2) is 0 Å². The molecule has 0 rings (SSSR count). The van der Waals surface area contributed by atoms with Crippen LogP contribution in [0.3, 0.4) is 0 Å². The van der Waals surface area contributed by atoms with E-state index in [9.17, 15) is 68.1 Å². The summed E-state index contributed by atoms with van der Waals surface area (Å²) < 4.78 is 0. The number of rotatable bonds is 33. The van der Waals surface area contributed by atoms with Crippen LogP contribution in [0.5, 0.6) is 0 Å². The number of aliphatic hydroxyl groups excluding tert-OH is 1. The van der Waals surface area contributed by atoms with Gasteiger partial charge in [-0.05, 0) is 62.5 Å². The summed E-state index contributed by atoms with van der Waals surface area (Å²) in [7, 11) is 0. The number of carboxylic acid groups (broad SMARTS) is 3. The largest absolute Gasteiger partial charge is 0.481 e. The summed E-state index contributed by atoms with van der Waals surface area (Å²) in [5, 5.41) is 53.7. The second-order valence-corrected chi connectivity index (χ2v) is 16.4. The molecule has 0 radical (unpaired) electrons. The van der Waals surface area contributed by atoms with Gasteiger partial charge in [-0.15, -0.1) is 0 Å². The van der Waals surface area contributed by atoms with Crippen molar-refractivity contribution in [3.63, 3.8) is 0 Å². The highest BCUT2D eigenvalue weighted by molar-refractivity contribution is 7.98. The summed E-state index contributed by atoms with van der Waals surface area (Å²) in [6.45, 7) is 6.34. The van der Waals surface area contributed by atoms with E-state index in [1.165, 1.54) is 11.8 Å². The molecule has 25 nitrogen and oxygen atoms in total. The fraction of sp³-hybridized carbons (Fsp3) is 0.711. The Morgan fingerprint density at radius 2 is 1.02 bits per heavy atom. The third kappa shape index (κ3) is 22.7. The van der Waals surface area contributed by atoms with E-state index in [0.29, 0.717) is 12.8 Å². The van der Waals surface area contributed by atoms with Gasteiger partial charge in [-0.3, -0.25) is 47.9 Å². The number of aliphatic carboxylic acids is 3. The highest BCUT2D eigenvalue weighted by atomic mass is 32.2. The number of thioether (sulfide) groups is 1. The maximum Gasteiger partial charge on any atom is 0.326 e. The summed E-state index contributed by atoms with van der Waals surface area (Å²) in [6.07, 6.45) is -0.300. The molecule has 0 unspecified atom stereocenters. The number of primary amides is 1. The zero-order chi connectivity index (χ0) is 49.3. The van der Waals surface area contributed by atoms with Crippen LogP contribution < -0.4 is 54.4 Å². The van der Waals surface area contributed by atoms with Crippen LogP contribution in [0.4, 0.5) is 0 Å². The van der Waals surface area contributed by atoms with Crippen LogP contribution in [0.2, 0.25) is 0 Å². The van der Waals surface area contributed by atoms with Gasteiger partial charge in [0.25, 0.3) is 0 Å². The van der Waals surface area contributed by atoms with Crippen molar-refractivity contribution >= 4 is 76.9 Å². The Balaban J connectivity index is 6.58. The van der Waals surface area contributed by atoms with Crippen molar-refractivity contribution in [2.24, 2.45) is 29.0 Å². The zero-order valence-electron chi connectivity index (χ0n) is 36.7. The van der Waals surface area contributed by atoms with E-state index >= 15 is 0 Å². The molecule has 0 aromatic heterocycles. The Morgan fingerprint density at radius 3 is 1.48 bits per heavy atom. The second-order valence-electron chi connectivity index (χ2n) is 15.4. The van der Waals surface area contributed by atoms with Crippen LogP contribution in [0.1, 0.15) is 85.5 Å². The molecule has 0 heterocycles. The van der Waals surface area contributed by atoms with Gasteiger partial charge in [-0.25, -0.2) is 4.79 Å². The molecule has 0 bridgehead atoms. The molecule has 26 heteroatoms. The summed E-state index contributed by atoms with van der Waals surface area (Å²) in [5.74, 6) is -13.7. The van der Waals surface area contributed by atoms with Crippen LogP contribution in [0, 0.1) is 11.8 Å². The van der Waals surface area contributed by atoms with Gasteiger partial charge in [0, 0.05) is 0 Å². The quantitative estimate of drug-likeness (QED) is 0.0276. The first-order chi connectivity index (χ1) is 29.9. The lowest BCUT2D eigenvalue weighted by Crippen LogP contribution is -2.61. The number of hydrogen-bond donors (Lipinski definition) is 14. The number of carboxylic acids is 3. The van der Waals surface area contributed by atoms with E-state index in [0.717, 1.165) is 0 Å². The predicted octanol–water partition coefficient (Wildman–Crippen LogP) is -4.42. The van der Waals surface area contributed by atoms with Gasteiger partial charge in [0.05, 0.1) is 25.9 Å². The Kier molecular flexibility index (Phi) is 27.8. The van der Waals surface area contributed by atoms with Crippen LogP contribution >= 0.6 is 11.8 Å². The van der Waals surface area contributed by atoms with Crippen LogP contribution in [-0.4, -0.2) is 159 Å². The Hall–Kier alpha value is -5.60. The van der Waals surface area contributed by atoms with Gasteiger partial charge in [0.1, 0.15) is 48.3 Å². The SMILES string of the molecule is CC[C@H](C)[C@H](NC(=O)[C@H](CCCCN)NC(=O)[C@H](CC(C)C)NC(=O)[C@@H](N)CO)C(=O)N[C@@H](CC(=O)O)C(=O)N[C@@H](CC(N)=O)C(=O)N[C@@H](CCSC)C(=O)N[C@@H](CC(=O)O)C(=O)O. The molecule has 364 valence electrons. The molecule has 0 saturated carbocycles. The van der Waals surface area contributed by atoms with E-state index in [-0.39, 0.29) is 43.9 Å². The Bertz CT molecular complexity index is 1640. The van der Waals surface area contributed by atoms with Crippen molar-refractivity contribution in [2.45, 2.75) is 134 Å². The zero-order valence-corrected chi connectivity index (χ0v) is 37.5. The van der Waals surface area contributed by atoms with Crippen LogP contribution in [-0.2, 0) is 52.7 Å². The van der Waals surface area contributed by atoms with Crippen molar-refractivity contribution in [1.29, 1.82) is 0 Å². The summed E-state index contributed by atoms with van der Waals surface area (Å²) >= 11 is 1.22. The van der Waals surface area contributed by atoms with E-state index in [1.54, 1.807) is 34.0 Å². The molecule has 0 saturated heterocycles. The molecule has 0 aromatic carbocycles. The lowest BCUT2D eigenvalue weighted by molar-refractivity contribution is -0.147. The first kappa shape index (κ1) is 58.4. The molecular formula is C38H66N10O15S. The number of unbranched alkanes of at least 4 members (excludes halogenated alkanes) is 1. The molecule has 8 amide bonds. The summed E-state index contributed by atoms with van der Waals surface area (Å²) in [6, 6.07) is -12.5. The fourth-order valence-electron chi connectivity index (χ4n) is 5.81. The van der Waals surface area contributed by atoms with Gasteiger partial charge in [0.2, 0.25) is 47.3 Å². The number of aliphatic hydroxyl groups is 1. The van der Waals surface area contributed by atoms with Crippen LogP contribution in [0.25, 0.3) is 0 Å². The first-order valence-electron chi connectivity index (χ1n) is 20.5. The highest BCUT2D eigenvalue weighted by Crippen LogP contribution is 2.13. The normalized spacial score (nSPS) is 15.3. The first-order valence-corrected chi connectivity index (χ1v) is 21.9.